The molecule has 0 aliphatic rings. The van der Waals surface area contributed by atoms with Gasteiger partial charge in [0.25, 0.3) is 0 Å². The number of benzene rings is 1. The van der Waals surface area contributed by atoms with E-state index in [-0.39, 0.29) is 23.5 Å². The standard InChI is InChI=1S/C14H18O6/c1-8(16)12(18)5-10(7-15)14(19)9-3-4-11(17)13(6-9)20-2/h3-4,6-8,10,12,16-18H,5H2,1-2H3. The summed E-state index contributed by atoms with van der Waals surface area (Å²) in [4.78, 5) is 23.2. The van der Waals surface area contributed by atoms with Gasteiger partial charge in [0, 0.05) is 5.56 Å². The number of carbonyl (C=O) groups excluding carboxylic acids is 2. The van der Waals surface area contributed by atoms with Crippen LogP contribution in [0.5, 0.6) is 11.5 Å². The summed E-state index contributed by atoms with van der Waals surface area (Å²) in [6.45, 7) is 1.38. The van der Waals surface area contributed by atoms with Crippen LogP contribution < -0.4 is 4.74 Å². The van der Waals surface area contributed by atoms with Gasteiger partial charge in [-0.1, -0.05) is 0 Å². The van der Waals surface area contributed by atoms with E-state index in [1.807, 2.05) is 0 Å². The van der Waals surface area contributed by atoms with Crippen LogP contribution in [0.1, 0.15) is 23.7 Å². The molecular formula is C14H18O6. The van der Waals surface area contributed by atoms with Crippen LogP contribution in [0.3, 0.4) is 0 Å². The molecule has 0 radical (unpaired) electrons. The number of carbonyl (C=O) groups is 2. The Bertz CT molecular complexity index is 483. The molecule has 0 bridgehead atoms. The molecule has 110 valence electrons. The summed E-state index contributed by atoms with van der Waals surface area (Å²) in [7, 11) is 1.34. The number of ketones is 1. The van der Waals surface area contributed by atoms with Gasteiger partial charge in [0.1, 0.15) is 6.29 Å². The summed E-state index contributed by atoms with van der Waals surface area (Å²) >= 11 is 0. The van der Waals surface area contributed by atoms with Gasteiger partial charge < -0.3 is 24.9 Å². The van der Waals surface area contributed by atoms with Crippen molar-refractivity contribution in [2.24, 2.45) is 5.92 Å². The van der Waals surface area contributed by atoms with Gasteiger partial charge in [-0.05, 0) is 31.5 Å². The van der Waals surface area contributed by atoms with Crippen molar-refractivity contribution in [3.05, 3.63) is 23.8 Å². The Balaban J connectivity index is 2.94. The number of aromatic hydroxyl groups is 1. The second-order valence-electron chi connectivity index (χ2n) is 4.54. The van der Waals surface area contributed by atoms with E-state index in [4.69, 9.17) is 4.74 Å². The predicted molar refractivity (Wildman–Crippen MR) is 70.8 cm³/mol. The highest BCUT2D eigenvalue weighted by atomic mass is 16.5. The zero-order valence-electron chi connectivity index (χ0n) is 11.3. The lowest BCUT2D eigenvalue weighted by atomic mass is 9.92. The topological polar surface area (TPSA) is 104 Å². The molecule has 0 amide bonds. The predicted octanol–water partition coefficient (Wildman–Crippen LogP) is 0.530. The number of hydrogen-bond donors (Lipinski definition) is 3. The highest BCUT2D eigenvalue weighted by Crippen LogP contribution is 2.27. The van der Waals surface area contributed by atoms with E-state index in [1.54, 1.807) is 0 Å². The number of phenols is 1. The number of hydrogen-bond acceptors (Lipinski definition) is 6. The number of Topliss-reactive ketones (excluding diaryl/α,β-unsaturated/α-hetero) is 1. The number of rotatable bonds is 7. The Kier molecular flexibility index (Phi) is 5.66. The molecule has 0 saturated heterocycles. The zero-order chi connectivity index (χ0) is 15.3. The first-order valence-electron chi connectivity index (χ1n) is 6.13. The third-order valence-electron chi connectivity index (χ3n) is 3.02. The van der Waals surface area contributed by atoms with Gasteiger partial charge in [-0.2, -0.15) is 0 Å². The third kappa shape index (κ3) is 3.79. The van der Waals surface area contributed by atoms with Crippen molar-refractivity contribution in [1.82, 2.24) is 0 Å². The number of aldehydes is 1. The Morgan fingerprint density at radius 3 is 2.55 bits per heavy atom. The lowest BCUT2D eigenvalue weighted by Crippen LogP contribution is -2.29. The van der Waals surface area contributed by atoms with Crippen LogP contribution in [0.15, 0.2) is 18.2 Å². The molecule has 6 nitrogen and oxygen atoms in total. The van der Waals surface area contributed by atoms with Crippen molar-refractivity contribution < 1.29 is 29.6 Å². The molecule has 0 heterocycles. The first-order chi connectivity index (χ1) is 9.40. The van der Waals surface area contributed by atoms with E-state index in [9.17, 15) is 24.9 Å². The van der Waals surface area contributed by atoms with Crippen LogP contribution in [0.4, 0.5) is 0 Å². The minimum Gasteiger partial charge on any atom is -0.504 e. The fraction of sp³-hybridized carbons (Fsp3) is 0.429. The minimum atomic E-state index is -1.16. The van der Waals surface area contributed by atoms with Gasteiger partial charge in [0.2, 0.25) is 0 Å². The first kappa shape index (κ1) is 16.1. The fourth-order valence-corrected chi connectivity index (χ4v) is 1.73. The van der Waals surface area contributed by atoms with Gasteiger partial charge in [-0.3, -0.25) is 4.79 Å². The summed E-state index contributed by atoms with van der Waals surface area (Å²) in [6, 6.07) is 3.98. The highest BCUT2D eigenvalue weighted by Gasteiger charge is 2.25. The molecule has 3 N–H and O–H groups in total. The summed E-state index contributed by atoms with van der Waals surface area (Å²) < 4.78 is 4.89. The lowest BCUT2D eigenvalue weighted by Gasteiger charge is -2.17. The molecule has 3 atom stereocenters. The Labute approximate surface area is 116 Å². The van der Waals surface area contributed by atoms with Crippen LogP contribution in [-0.4, -0.2) is 46.7 Å². The van der Waals surface area contributed by atoms with Crippen molar-refractivity contribution in [3.8, 4) is 11.5 Å². The van der Waals surface area contributed by atoms with Crippen molar-refractivity contribution in [1.29, 1.82) is 0 Å². The van der Waals surface area contributed by atoms with Gasteiger partial charge in [-0.25, -0.2) is 0 Å². The van der Waals surface area contributed by atoms with Gasteiger partial charge >= 0.3 is 0 Å². The summed E-state index contributed by atoms with van der Waals surface area (Å²) in [5, 5.41) is 28.2. The van der Waals surface area contributed by atoms with Crippen molar-refractivity contribution in [3.63, 3.8) is 0 Å². The number of methoxy groups -OCH3 is 1. The summed E-state index contributed by atoms with van der Waals surface area (Å²) in [5.74, 6) is -1.56. The van der Waals surface area contributed by atoms with E-state index in [0.29, 0.717) is 6.29 Å². The molecule has 1 aromatic carbocycles. The van der Waals surface area contributed by atoms with E-state index < -0.39 is 23.9 Å². The molecule has 0 saturated carbocycles. The molecule has 6 heteroatoms. The first-order valence-corrected chi connectivity index (χ1v) is 6.13. The largest absolute Gasteiger partial charge is 0.504 e. The quantitative estimate of drug-likeness (QED) is 0.383. The van der Waals surface area contributed by atoms with Crippen LogP contribution in [0.2, 0.25) is 0 Å². The molecule has 1 rings (SSSR count). The van der Waals surface area contributed by atoms with Crippen molar-refractivity contribution >= 4 is 12.1 Å². The Morgan fingerprint density at radius 1 is 1.40 bits per heavy atom. The maximum absolute atomic E-state index is 12.2. The average molecular weight is 282 g/mol. The number of phenolic OH excluding ortho intramolecular Hbond substituents is 1. The van der Waals surface area contributed by atoms with Gasteiger partial charge in [0.05, 0.1) is 25.2 Å². The molecule has 20 heavy (non-hydrogen) atoms. The maximum atomic E-state index is 12.2. The Morgan fingerprint density at radius 2 is 2.05 bits per heavy atom. The fourth-order valence-electron chi connectivity index (χ4n) is 1.73. The van der Waals surface area contributed by atoms with Gasteiger partial charge in [-0.15, -0.1) is 0 Å². The van der Waals surface area contributed by atoms with Crippen LogP contribution in [-0.2, 0) is 4.79 Å². The molecule has 0 aliphatic heterocycles. The minimum absolute atomic E-state index is 0.115. The van der Waals surface area contributed by atoms with Crippen LogP contribution in [0.25, 0.3) is 0 Å². The van der Waals surface area contributed by atoms with E-state index >= 15 is 0 Å². The van der Waals surface area contributed by atoms with Crippen molar-refractivity contribution in [2.75, 3.05) is 7.11 Å². The van der Waals surface area contributed by atoms with Crippen LogP contribution >= 0.6 is 0 Å². The number of aliphatic hydroxyl groups excluding tert-OH is 2. The highest BCUT2D eigenvalue weighted by molar-refractivity contribution is 6.05. The van der Waals surface area contributed by atoms with E-state index in [2.05, 4.69) is 0 Å². The molecule has 0 aromatic heterocycles. The van der Waals surface area contributed by atoms with Crippen molar-refractivity contribution in [2.45, 2.75) is 25.6 Å². The Hall–Kier alpha value is -1.92. The third-order valence-corrected chi connectivity index (χ3v) is 3.02. The van der Waals surface area contributed by atoms with Gasteiger partial charge in [0.15, 0.2) is 17.3 Å². The zero-order valence-corrected chi connectivity index (χ0v) is 11.3. The second-order valence-corrected chi connectivity index (χ2v) is 4.54. The maximum Gasteiger partial charge on any atom is 0.173 e. The van der Waals surface area contributed by atoms with E-state index in [1.165, 1.54) is 32.2 Å². The van der Waals surface area contributed by atoms with E-state index in [0.717, 1.165) is 0 Å². The summed E-state index contributed by atoms with van der Waals surface area (Å²) in [6.07, 6.45) is -1.91. The lowest BCUT2D eigenvalue weighted by molar-refractivity contribution is -0.111. The molecule has 0 aliphatic carbocycles. The van der Waals surface area contributed by atoms with Crippen LogP contribution in [0, 0.1) is 5.92 Å². The average Bonchev–Trinajstić information content (AvgIpc) is 2.44. The molecule has 0 fully saturated rings. The molecule has 3 unspecified atom stereocenters. The normalized spacial score (nSPS) is 15.2. The molecular weight excluding hydrogens is 264 g/mol. The summed E-state index contributed by atoms with van der Waals surface area (Å²) in [5.41, 5.74) is 0.189. The monoisotopic (exact) mass is 282 g/mol. The number of aliphatic hydroxyl groups is 2. The number of ether oxygens (including phenoxy) is 1. The smallest absolute Gasteiger partial charge is 0.173 e. The second kappa shape index (κ2) is 7.02. The molecule has 0 spiro atoms. The SMILES string of the molecule is COc1cc(C(=O)C(C=O)CC(O)C(C)O)ccc1O. The molecule has 1 aromatic rings.